The second-order valence-corrected chi connectivity index (χ2v) is 2.85. The van der Waals surface area contributed by atoms with E-state index in [1.165, 1.54) is 12.4 Å². The highest BCUT2D eigenvalue weighted by Crippen LogP contribution is 2.16. The van der Waals surface area contributed by atoms with Crippen molar-refractivity contribution in [3.63, 3.8) is 0 Å². The lowest BCUT2D eigenvalue weighted by Gasteiger charge is -1.97. The fourth-order valence-electron chi connectivity index (χ4n) is 0.693. The molecule has 3 heteroatoms. The number of thiophene rings is 1. The first-order valence-electron chi connectivity index (χ1n) is 2.93. The standard InChI is InChI=1S/C7H8N2S/c8-4-6(5-9)7-2-1-3-10-7/h1-6,8-9H. The zero-order valence-corrected chi connectivity index (χ0v) is 6.19. The molecule has 1 aromatic rings. The molecule has 0 saturated carbocycles. The predicted molar refractivity (Wildman–Crippen MR) is 44.6 cm³/mol. The molecule has 0 atom stereocenters. The molecule has 0 aliphatic rings. The molecule has 0 spiro atoms. The SMILES string of the molecule is N=CC(C=N)c1cccs1. The third-order valence-corrected chi connectivity index (χ3v) is 2.20. The van der Waals surface area contributed by atoms with E-state index in [-0.39, 0.29) is 5.92 Å². The molecule has 0 unspecified atom stereocenters. The molecular formula is C7H8N2S. The normalized spacial score (nSPS) is 12.4. The van der Waals surface area contributed by atoms with Crippen LogP contribution in [0.1, 0.15) is 10.8 Å². The Kier molecular flexibility index (Phi) is 2.34. The van der Waals surface area contributed by atoms with Gasteiger partial charge in [0, 0.05) is 17.3 Å². The second kappa shape index (κ2) is 3.27. The molecule has 0 bridgehead atoms. The van der Waals surface area contributed by atoms with Gasteiger partial charge in [-0.05, 0) is 11.4 Å². The molecule has 1 aromatic heterocycles. The van der Waals surface area contributed by atoms with Gasteiger partial charge in [0.25, 0.3) is 0 Å². The average Bonchev–Trinajstić information content (AvgIpc) is 2.43. The van der Waals surface area contributed by atoms with Gasteiger partial charge in [0.2, 0.25) is 0 Å². The Bertz CT molecular complexity index is 208. The summed E-state index contributed by atoms with van der Waals surface area (Å²) in [4.78, 5) is 1.06. The van der Waals surface area contributed by atoms with E-state index in [9.17, 15) is 0 Å². The highest BCUT2D eigenvalue weighted by molar-refractivity contribution is 7.10. The Morgan fingerprint density at radius 1 is 1.40 bits per heavy atom. The molecule has 52 valence electrons. The van der Waals surface area contributed by atoms with Gasteiger partial charge in [0.1, 0.15) is 0 Å². The molecule has 0 aromatic carbocycles. The summed E-state index contributed by atoms with van der Waals surface area (Å²) in [5.74, 6) is -0.111. The monoisotopic (exact) mass is 152 g/mol. The maximum Gasteiger partial charge on any atom is 0.0626 e. The van der Waals surface area contributed by atoms with E-state index >= 15 is 0 Å². The zero-order chi connectivity index (χ0) is 7.40. The quantitative estimate of drug-likeness (QED) is 0.623. The van der Waals surface area contributed by atoms with Crippen LogP contribution in [0.15, 0.2) is 17.5 Å². The summed E-state index contributed by atoms with van der Waals surface area (Å²) >= 11 is 1.58. The van der Waals surface area contributed by atoms with Gasteiger partial charge in [0.05, 0.1) is 5.92 Å². The van der Waals surface area contributed by atoms with Crippen LogP contribution in [0.3, 0.4) is 0 Å². The van der Waals surface area contributed by atoms with Crippen LogP contribution in [0.4, 0.5) is 0 Å². The van der Waals surface area contributed by atoms with Gasteiger partial charge >= 0.3 is 0 Å². The minimum absolute atomic E-state index is 0.111. The van der Waals surface area contributed by atoms with Crippen molar-refractivity contribution in [2.24, 2.45) is 0 Å². The first kappa shape index (κ1) is 7.15. The zero-order valence-electron chi connectivity index (χ0n) is 5.37. The summed E-state index contributed by atoms with van der Waals surface area (Å²) in [6, 6.07) is 3.87. The third-order valence-electron chi connectivity index (χ3n) is 1.23. The number of nitrogens with one attached hydrogen (secondary N) is 2. The lowest BCUT2D eigenvalue weighted by molar-refractivity contribution is 1.27. The number of hydrogen-bond donors (Lipinski definition) is 2. The van der Waals surface area contributed by atoms with Gasteiger partial charge < -0.3 is 10.8 Å². The lowest BCUT2D eigenvalue weighted by Crippen LogP contribution is -1.96. The number of rotatable bonds is 3. The van der Waals surface area contributed by atoms with Crippen LogP contribution in [0.25, 0.3) is 0 Å². The predicted octanol–water partition coefficient (Wildman–Crippen LogP) is 2.13. The van der Waals surface area contributed by atoms with Crippen LogP contribution >= 0.6 is 11.3 Å². The first-order valence-corrected chi connectivity index (χ1v) is 3.81. The van der Waals surface area contributed by atoms with E-state index in [1.54, 1.807) is 11.3 Å². The molecule has 0 fully saturated rings. The maximum absolute atomic E-state index is 6.97. The Balaban J connectivity index is 2.82. The topological polar surface area (TPSA) is 47.7 Å². The molecule has 0 radical (unpaired) electrons. The number of hydrogen-bond acceptors (Lipinski definition) is 3. The largest absolute Gasteiger partial charge is 0.312 e. The average molecular weight is 152 g/mol. The molecule has 2 N–H and O–H groups in total. The van der Waals surface area contributed by atoms with Crippen LogP contribution in [0, 0.1) is 10.8 Å². The van der Waals surface area contributed by atoms with Gasteiger partial charge in [-0.25, -0.2) is 0 Å². The molecule has 0 amide bonds. The summed E-state index contributed by atoms with van der Waals surface area (Å²) in [7, 11) is 0. The second-order valence-electron chi connectivity index (χ2n) is 1.87. The van der Waals surface area contributed by atoms with Gasteiger partial charge in [-0.2, -0.15) is 0 Å². The van der Waals surface area contributed by atoms with Crippen molar-refractivity contribution in [1.82, 2.24) is 0 Å². The highest BCUT2D eigenvalue weighted by atomic mass is 32.1. The molecule has 10 heavy (non-hydrogen) atoms. The van der Waals surface area contributed by atoms with Crippen LogP contribution < -0.4 is 0 Å². The first-order chi connectivity index (χ1) is 4.88. The minimum Gasteiger partial charge on any atom is -0.312 e. The van der Waals surface area contributed by atoms with Gasteiger partial charge in [-0.1, -0.05) is 6.07 Å². The van der Waals surface area contributed by atoms with E-state index < -0.39 is 0 Å². The molecule has 0 aliphatic heterocycles. The maximum atomic E-state index is 6.97. The summed E-state index contributed by atoms with van der Waals surface area (Å²) in [5, 5.41) is 15.9. The third kappa shape index (κ3) is 1.30. The molecule has 1 heterocycles. The fraction of sp³-hybridized carbons (Fsp3) is 0.143. The van der Waals surface area contributed by atoms with E-state index in [2.05, 4.69) is 0 Å². The van der Waals surface area contributed by atoms with Gasteiger partial charge in [-0.3, -0.25) is 0 Å². The van der Waals surface area contributed by atoms with Crippen molar-refractivity contribution in [1.29, 1.82) is 10.8 Å². The molecule has 2 nitrogen and oxygen atoms in total. The molecule has 0 saturated heterocycles. The summed E-state index contributed by atoms with van der Waals surface area (Å²) in [6.45, 7) is 0. The van der Waals surface area contributed by atoms with Crippen LogP contribution in [-0.2, 0) is 0 Å². The van der Waals surface area contributed by atoms with Crippen molar-refractivity contribution in [3.8, 4) is 0 Å². The van der Waals surface area contributed by atoms with Crippen molar-refractivity contribution in [3.05, 3.63) is 22.4 Å². The van der Waals surface area contributed by atoms with Crippen molar-refractivity contribution >= 4 is 23.8 Å². The van der Waals surface area contributed by atoms with E-state index in [0.717, 1.165) is 4.88 Å². The van der Waals surface area contributed by atoms with Crippen molar-refractivity contribution in [2.45, 2.75) is 5.92 Å². The summed E-state index contributed by atoms with van der Waals surface area (Å²) in [5.41, 5.74) is 0. The van der Waals surface area contributed by atoms with E-state index in [1.807, 2.05) is 17.5 Å². The van der Waals surface area contributed by atoms with Crippen LogP contribution in [-0.4, -0.2) is 12.4 Å². The Morgan fingerprint density at radius 3 is 2.50 bits per heavy atom. The minimum atomic E-state index is -0.111. The molecule has 0 aliphatic carbocycles. The lowest BCUT2D eigenvalue weighted by atomic mass is 10.1. The Hall–Kier alpha value is -0.960. The van der Waals surface area contributed by atoms with Crippen molar-refractivity contribution < 1.29 is 0 Å². The van der Waals surface area contributed by atoms with Crippen molar-refractivity contribution in [2.75, 3.05) is 0 Å². The highest BCUT2D eigenvalue weighted by Gasteiger charge is 2.03. The van der Waals surface area contributed by atoms with Crippen LogP contribution in [0.5, 0.6) is 0 Å². The Morgan fingerprint density at radius 2 is 2.10 bits per heavy atom. The Labute approximate surface area is 63.5 Å². The summed E-state index contributed by atoms with van der Waals surface area (Å²) in [6.07, 6.45) is 2.55. The smallest absolute Gasteiger partial charge is 0.0626 e. The molecular weight excluding hydrogens is 144 g/mol. The molecule has 1 rings (SSSR count). The van der Waals surface area contributed by atoms with Gasteiger partial charge in [-0.15, -0.1) is 11.3 Å². The van der Waals surface area contributed by atoms with E-state index in [0.29, 0.717) is 0 Å². The van der Waals surface area contributed by atoms with E-state index in [4.69, 9.17) is 10.8 Å². The van der Waals surface area contributed by atoms with Crippen LogP contribution in [0.2, 0.25) is 0 Å². The fourth-order valence-corrected chi connectivity index (χ4v) is 1.46. The summed E-state index contributed by atoms with van der Waals surface area (Å²) < 4.78 is 0. The van der Waals surface area contributed by atoms with Gasteiger partial charge in [0.15, 0.2) is 0 Å².